The van der Waals surface area contributed by atoms with E-state index in [2.05, 4.69) is 42.5 Å². The van der Waals surface area contributed by atoms with Gasteiger partial charge in [-0.25, -0.2) is 9.59 Å². The Morgan fingerprint density at radius 2 is 1.71 bits per heavy atom. The Morgan fingerprint density at radius 3 is 2.41 bits per heavy atom. The van der Waals surface area contributed by atoms with Gasteiger partial charge in [0.25, 0.3) is 11.8 Å². The number of carbonyl (C=O) groups excluding carboxylic acids is 5. The molecule has 3 aromatic rings. The Kier molecular flexibility index (Phi) is 13.4. The quantitative estimate of drug-likeness (QED) is 0.0932. The number of fused-ring (bicyclic) bond motifs is 1. The first-order valence-corrected chi connectivity index (χ1v) is 17.7. The second kappa shape index (κ2) is 17.3. The summed E-state index contributed by atoms with van der Waals surface area (Å²) < 4.78 is 10.7. The van der Waals surface area contributed by atoms with Crippen LogP contribution in [0.25, 0.3) is 0 Å². The van der Waals surface area contributed by atoms with Crippen LogP contribution in [0.3, 0.4) is 0 Å². The number of esters is 1. The summed E-state index contributed by atoms with van der Waals surface area (Å²) in [6, 6.07) is 16.2. The Morgan fingerprint density at radius 1 is 0.961 bits per heavy atom. The first kappa shape index (κ1) is 39.5. The number of methoxy groups -OCH3 is 1. The number of benzene rings is 3. The van der Waals surface area contributed by atoms with Crippen LogP contribution in [-0.4, -0.2) is 61.6 Å². The summed E-state index contributed by atoms with van der Waals surface area (Å²) >= 11 is 16.0. The second-order valence-corrected chi connectivity index (χ2v) is 14.7. The maximum Gasteiger partial charge on any atom is 0.407 e. The topological polar surface area (TPSA) is 164 Å². The number of unbranched alkanes of at least 4 members (excludes halogenated alkanes) is 1. The smallest absolute Gasteiger partial charge is 0.407 e. The molecule has 0 radical (unpaired) electrons. The van der Waals surface area contributed by atoms with Crippen LogP contribution < -0.4 is 26.6 Å². The molecule has 0 spiro atoms. The number of rotatable bonds is 14. The van der Waals surface area contributed by atoms with Crippen molar-refractivity contribution in [3.63, 3.8) is 0 Å². The highest BCUT2D eigenvalue weighted by Crippen LogP contribution is 2.43. The van der Waals surface area contributed by atoms with Crippen LogP contribution in [0.1, 0.15) is 61.5 Å². The van der Waals surface area contributed by atoms with E-state index in [1.807, 2.05) is 6.07 Å². The van der Waals surface area contributed by atoms with Crippen molar-refractivity contribution < 1.29 is 33.4 Å². The highest BCUT2D eigenvalue weighted by atomic mass is 79.9. The molecule has 0 saturated carbocycles. The summed E-state index contributed by atoms with van der Waals surface area (Å²) in [5.41, 5.74) is 0.404. The van der Waals surface area contributed by atoms with Crippen LogP contribution in [0.5, 0.6) is 0 Å². The third-order valence-corrected chi connectivity index (χ3v) is 8.79. The van der Waals surface area contributed by atoms with E-state index in [1.165, 1.54) is 7.11 Å². The third kappa shape index (κ3) is 10.8. The molecular weight excluding hydrogens is 765 g/mol. The van der Waals surface area contributed by atoms with Crippen molar-refractivity contribution >= 4 is 80.3 Å². The summed E-state index contributed by atoms with van der Waals surface area (Å²) in [4.78, 5) is 64.6. The van der Waals surface area contributed by atoms with Crippen molar-refractivity contribution in [2.24, 2.45) is 0 Å². The first-order chi connectivity index (χ1) is 24.1. The van der Waals surface area contributed by atoms with E-state index in [9.17, 15) is 24.0 Å². The lowest BCUT2D eigenvalue weighted by Gasteiger charge is -2.31. The molecule has 4 amide bonds. The van der Waals surface area contributed by atoms with Gasteiger partial charge in [-0.2, -0.15) is 0 Å². The van der Waals surface area contributed by atoms with Crippen LogP contribution in [-0.2, 0) is 35.8 Å². The number of halogens is 3. The Labute approximate surface area is 314 Å². The minimum atomic E-state index is -1.37. The van der Waals surface area contributed by atoms with Gasteiger partial charge in [0.15, 0.2) is 0 Å². The maximum absolute atomic E-state index is 13.8. The molecule has 12 nitrogen and oxygen atoms in total. The number of amides is 4. The molecule has 5 N–H and O–H groups in total. The van der Waals surface area contributed by atoms with Gasteiger partial charge in [-0.1, -0.05) is 57.3 Å². The normalized spacial score (nSPS) is 15.5. The summed E-state index contributed by atoms with van der Waals surface area (Å²) in [6.45, 7) is 5.16. The molecule has 15 heteroatoms. The number of nitrogens with one attached hydrogen (secondary N) is 5. The largest absolute Gasteiger partial charge is 0.467 e. The fraction of sp³-hybridized carbons (Fsp3) is 0.361. The van der Waals surface area contributed by atoms with Crippen LogP contribution in [0.2, 0.25) is 10.0 Å². The van der Waals surface area contributed by atoms with Crippen molar-refractivity contribution in [2.45, 2.75) is 63.6 Å². The number of ether oxygens (including phenoxy) is 2. The van der Waals surface area contributed by atoms with E-state index in [0.29, 0.717) is 50.8 Å². The standard InChI is InChI=1S/C36H40BrCl2N5O7/c1-35(2,3)51-34(49)40-15-6-5-10-27(32(47)50-4)42-30(45)20-41-31(46)25-13-11-22(37)17-28(25)44-36(19-21-8-7-9-23(38)16-21)26-14-12-24(39)18-29(26)43-33(36)48/h7-9,11-14,16-18,27,44H,5-6,10,15,19-20H2,1-4H3,(H,40,49)(H,41,46)(H,42,45)(H,43,48)/t27-,36?/m0/s1. The molecule has 2 atom stereocenters. The molecule has 4 rings (SSSR count). The maximum atomic E-state index is 13.8. The zero-order valence-electron chi connectivity index (χ0n) is 28.6. The fourth-order valence-corrected chi connectivity index (χ4v) is 6.30. The van der Waals surface area contributed by atoms with Gasteiger partial charge < -0.3 is 36.1 Å². The van der Waals surface area contributed by atoms with Gasteiger partial charge in [0, 0.05) is 44.4 Å². The molecule has 0 bridgehead atoms. The third-order valence-electron chi connectivity index (χ3n) is 7.83. The molecular formula is C36H40BrCl2N5O7. The minimum absolute atomic E-state index is 0.161. The first-order valence-electron chi connectivity index (χ1n) is 16.2. The highest BCUT2D eigenvalue weighted by molar-refractivity contribution is 9.10. The molecule has 1 heterocycles. The minimum Gasteiger partial charge on any atom is -0.467 e. The Bertz CT molecular complexity index is 1800. The molecule has 3 aromatic carbocycles. The molecule has 1 aliphatic heterocycles. The van der Waals surface area contributed by atoms with Gasteiger partial charge in [-0.05, 0) is 88.1 Å². The molecule has 0 aromatic heterocycles. The van der Waals surface area contributed by atoms with E-state index >= 15 is 0 Å². The second-order valence-electron chi connectivity index (χ2n) is 12.9. The highest BCUT2D eigenvalue weighted by Gasteiger charge is 2.47. The van der Waals surface area contributed by atoms with Crippen molar-refractivity contribution in [3.05, 3.63) is 91.9 Å². The van der Waals surface area contributed by atoms with Crippen LogP contribution in [0, 0.1) is 0 Å². The zero-order chi connectivity index (χ0) is 37.3. The fourth-order valence-electron chi connectivity index (χ4n) is 5.56. The SMILES string of the molecule is COC(=O)[C@H](CCCCNC(=O)OC(C)(C)C)NC(=O)CNC(=O)c1ccc(Br)cc1NC1(Cc2cccc(Cl)c2)C(=O)Nc2cc(Cl)ccc21. The van der Waals surface area contributed by atoms with Crippen LogP contribution >= 0.6 is 39.1 Å². The van der Waals surface area contributed by atoms with Gasteiger partial charge in [0.05, 0.1) is 19.2 Å². The predicted molar refractivity (Wildman–Crippen MR) is 199 cm³/mol. The van der Waals surface area contributed by atoms with Gasteiger partial charge in [0.1, 0.15) is 17.2 Å². The van der Waals surface area contributed by atoms with E-state index < -0.39 is 47.6 Å². The van der Waals surface area contributed by atoms with Crippen LogP contribution in [0.15, 0.2) is 65.1 Å². The number of carbonyl (C=O) groups is 5. The monoisotopic (exact) mass is 803 g/mol. The Balaban J connectivity index is 1.45. The molecule has 272 valence electrons. The molecule has 0 saturated heterocycles. The molecule has 51 heavy (non-hydrogen) atoms. The van der Waals surface area contributed by atoms with E-state index in [0.717, 1.165) is 5.56 Å². The van der Waals surface area contributed by atoms with Crippen molar-refractivity contribution in [3.8, 4) is 0 Å². The van der Waals surface area contributed by atoms with Gasteiger partial charge in [0.2, 0.25) is 5.91 Å². The number of anilines is 2. The van der Waals surface area contributed by atoms with Gasteiger partial charge >= 0.3 is 12.1 Å². The van der Waals surface area contributed by atoms with Crippen molar-refractivity contribution in [1.29, 1.82) is 0 Å². The van der Waals surface area contributed by atoms with Crippen molar-refractivity contribution in [2.75, 3.05) is 30.8 Å². The lowest BCUT2D eigenvalue weighted by atomic mass is 9.84. The van der Waals surface area contributed by atoms with Crippen LogP contribution in [0.4, 0.5) is 16.2 Å². The van der Waals surface area contributed by atoms with E-state index in [-0.39, 0.29) is 24.3 Å². The summed E-state index contributed by atoms with van der Waals surface area (Å²) in [6.07, 6.45) is 0.878. The average molecular weight is 806 g/mol. The van der Waals surface area contributed by atoms with Gasteiger partial charge in [-0.3, -0.25) is 14.4 Å². The lowest BCUT2D eigenvalue weighted by Crippen LogP contribution is -2.46. The van der Waals surface area contributed by atoms with Gasteiger partial charge in [-0.15, -0.1) is 0 Å². The summed E-state index contributed by atoms with van der Waals surface area (Å²) in [5, 5.41) is 15.1. The zero-order valence-corrected chi connectivity index (χ0v) is 31.7. The molecule has 0 fully saturated rings. The van der Waals surface area contributed by atoms with Crippen molar-refractivity contribution in [1.82, 2.24) is 16.0 Å². The van der Waals surface area contributed by atoms with E-state index in [1.54, 1.807) is 75.4 Å². The average Bonchev–Trinajstić information content (AvgIpc) is 3.30. The number of alkyl carbamates (subject to hydrolysis) is 1. The van der Waals surface area contributed by atoms with E-state index in [4.69, 9.17) is 32.7 Å². The molecule has 1 unspecified atom stereocenters. The number of hydrogen-bond acceptors (Lipinski definition) is 8. The molecule has 0 aliphatic carbocycles. The molecule has 1 aliphatic rings. The summed E-state index contributed by atoms with van der Waals surface area (Å²) in [7, 11) is 1.21. The number of hydrogen-bond donors (Lipinski definition) is 5. The summed E-state index contributed by atoms with van der Waals surface area (Å²) in [5.74, 6) is -2.22. The Hall–Kier alpha value is -4.33. The predicted octanol–water partition coefficient (Wildman–Crippen LogP) is 6.34. The lowest BCUT2D eigenvalue weighted by molar-refractivity contribution is -0.145.